The van der Waals surface area contributed by atoms with Crippen LogP contribution in [0.3, 0.4) is 0 Å². The maximum atomic E-state index is 12.2. The summed E-state index contributed by atoms with van der Waals surface area (Å²) in [4.78, 5) is 2.04. The van der Waals surface area contributed by atoms with E-state index < -0.39 is 12.3 Å². The van der Waals surface area contributed by atoms with E-state index in [2.05, 4.69) is 10.2 Å². The Morgan fingerprint density at radius 1 is 1.31 bits per heavy atom. The number of hydrogen-bond donors (Lipinski definition) is 0. The van der Waals surface area contributed by atoms with Crippen LogP contribution in [0.2, 0.25) is 0 Å². The average Bonchev–Trinajstić information content (AvgIpc) is 2.83. The summed E-state index contributed by atoms with van der Waals surface area (Å²) in [6.45, 7) is 0. The van der Waals surface area contributed by atoms with Crippen LogP contribution in [0, 0.1) is 0 Å². The van der Waals surface area contributed by atoms with Crippen LogP contribution in [0.25, 0.3) is 10.8 Å². The molecular formula is C10H8F2N2OS. The van der Waals surface area contributed by atoms with Crippen molar-refractivity contribution in [1.82, 2.24) is 10.2 Å². The van der Waals surface area contributed by atoms with Gasteiger partial charge < -0.3 is 4.42 Å². The lowest BCUT2D eigenvalue weighted by molar-refractivity contribution is 0.116. The van der Waals surface area contributed by atoms with Gasteiger partial charge in [-0.25, -0.2) is 0 Å². The first-order valence-corrected chi connectivity index (χ1v) is 5.77. The minimum Gasteiger partial charge on any atom is -0.414 e. The molecule has 0 amide bonds. The van der Waals surface area contributed by atoms with E-state index in [0.717, 1.165) is 4.88 Å². The van der Waals surface area contributed by atoms with Gasteiger partial charge in [0.05, 0.1) is 4.88 Å². The number of thiophene rings is 1. The van der Waals surface area contributed by atoms with Crippen molar-refractivity contribution in [3.8, 4) is 10.8 Å². The Kier molecular flexibility index (Phi) is 2.24. The normalized spacial score (nSPS) is 15.9. The average molecular weight is 242 g/mol. The summed E-state index contributed by atoms with van der Waals surface area (Å²) in [6.07, 6.45) is -0.276. The van der Waals surface area contributed by atoms with Crippen LogP contribution in [-0.2, 0) is 0 Å². The van der Waals surface area contributed by atoms with Crippen LogP contribution in [-0.4, -0.2) is 10.2 Å². The second kappa shape index (κ2) is 3.62. The molecule has 0 saturated heterocycles. The molecule has 2 aromatic rings. The lowest BCUT2D eigenvalue weighted by Gasteiger charge is -1.89. The van der Waals surface area contributed by atoms with Crippen LogP contribution in [0.4, 0.5) is 8.78 Å². The third-order valence-corrected chi connectivity index (χ3v) is 3.68. The Balaban J connectivity index is 1.88. The van der Waals surface area contributed by atoms with E-state index in [4.69, 9.17) is 4.42 Å². The van der Waals surface area contributed by atoms with Crippen molar-refractivity contribution >= 4 is 11.3 Å². The Bertz CT molecular complexity index is 466. The monoisotopic (exact) mass is 242 g/mol. The molecule has 3 rings (SSSR count). The molecule has 0 N–H and O–H groups in total. The summed E-state index contributed by atoms with van der Waals surface area (Å²) in [5.41, 5.74) is 0. The second-order valence-electron chi connectivity index (χ2n) is 3.72. The second-order valence-corrected chi connectivity index (χ2v) is 4.84. The van der Waals surface area contributed by atoms with Gasteiger partial charge in [0, 0.05) is 4.88 Å². The standard InChI is InChI=1S/C10H8F2N2OS/c11-8(12)10-14-13-9(15-10)7-4-3-6(16-7)5-1-2-5/h3-5,8H,1-2H2. The summed E-state index contributed by atoms with van der Waals surface area (Å²) >= 11 is 1.54. The Labute approximate surface area is 94.1 Å². The lowest BCUT2D eigenvalue weighted by atomic mass is 10.3. The molecule has 1 aliphatic rings. The van der Waals surface area contributed by atoms with Crippen LogP contribution < -0.4 is 0 Å². The van der Waals surface area contributed by atoms with Crippen LogP contribution in [0.5, 0.6) is 0 Å². The van der Waals surface area contributed by atoms with Crippen molar-refractivity contribution in [3.63, 3.8) is 0 Å². The highest BCUT2D eigenvalue weighted by Crippen LogP contribution is 2.44. The molecule has 0 spiro atoms. The fourth-order valence-electron chi connectivity index (χ4n) is 1.48. The molecule has 0 aromatic carbocycles. The van der Waals surface area contributed by atoms with E-state index in [1.807, 2.05) is 12.1 Å². The quantitative estimate of drug-likeness (QED) is 0.825. The van der Waals surface area contributed by atoms with Crippen molar-refractivity contribution in [2.45, 2.75) is 25.2 Å². The van der Waals surface area contributed by atoms with Gasteiger partial charge in [0.25, 0.3) is 11.8 Å². The maximum absolute atomic E-state index is 12.2. The molecule has 0 aliphatic heterocycles. The molecule has 0 unspecified atom stereocenters. The lowest BCUT2D eigenvalue weighted by Crippen LogP contribution is -1.81. The number of rotatable bonds is 3. The molecule has 0 bridgehead atoms. The largest absolute Gasteiger partial charge is 0.414 e. The Morgan fingerprint density at radius 2 is 2.12 bits per heavy atom. The van der Waals surface area contributed by atoms with Gasteiger partial charge in [0.1, 0.15) is 0 Å². The third kappa shape index (κ3) is 1.73. The Hall–Kier alpha value is -1.30. The van der Waals surface area contributed by atoms with E-state index in [0.29, 0.717) is 5.92 Å². The molecule has 1 aliphatic carbocycles. The SMILES string of the molecule is FC(F)c1nnc(-c2ccc(C3CC3)s2)o1. The van der Waals surface area contributed by atoms with Gasteiger partial charge in [-0.05, 0) is 30.9 Å². The summed E-state index contributed by atoms with van der Waals surface area (Å²) in [5.74, 6) is 0.222. The number of aromatic nitrogens is 2. The zero-order valence-corrected chi connectivity index (χ0v) is 9.01. The van der Waals surface area contributed by atoms with Gasteiger partial charge in [-0.1, -0.05) is 0 Å². The van der Waals surface area contributed by atoms with Gasteiger partial charge in [0.15, 0.2) is 0 Å². The predicted octanol–water partition coefficient (Wildman–Crippen LogP) is 3.61. The number of nitrogens with zero attached hydrogens (tertiary/aromatic N) is 2. The number of hydrogen-bond acceptors (Lipinski definition) is 4. The molecular weight excluding hydrogens is 234 g/mol. The van der Waals surface area contributed by atoms with Crippen LogP contribution >= 0.6 is 11.3 Å². The summed E-state index contributed by atoms with van der Waals surface area (Å²) in [6, 6.07) is 3.85. The van der Waals surface area contributed by atoms with Crippen molar-refractivity contribution in [2.75, 3.05) is 0 Å². The van der Waals surface area contributed by atoms with Gasteiger partial charge in [-0.2, -0.15) is 8.78 Å². The summed E-state index contributed by atoms with van der Waals surface area (Å²) in [5, 5.41) is 6.92. The first-order chi connectivity index (χ1) is 7.74. The molecule has 0 atom stereocenters. The zero-order valence-electron chi connectivity index (χ0n) is 8.19. The topological polar surface area (TPSA) is 38.9 Å². The minimum absolute atomic E-state index is 0.187. The zero-order chi connectivity index (χ0) is 11.1. The van der Waals surface area contributed by atoms with E-state index in [1.165, 1.54) is 17.7 Å². The highest BCUT2D eigenvalue weighted by molar-refractivity contribution is 7.15. The molecule has 2 heterocycles. The van der Waals surface area contributed by atoms with Gasteiger partial charge >= 0.3 is 6.43 Å². The Morgan fingerprint density at radius 3 is 2.75 bits per heavy atom. The van der Waals surface area contributed by atoms with Crippen molar-refractivity contribution in [1.29, 1.82) is 0 Å². The fourth-order valence-corrected chi connectivity index (χ4v) is 2.58. The van der Waals surface area contributed by atoms with Gasteiger partial charge in [-0.15, -0.1) is 21.5 Å². The third-order valence-electron chi connectivity index (χ3n) is 2.44. The molecule has 6 heteroatoms. The number of alkyl halides is 2. The van der Waals surface area contributed by atoms with Gasteiger partial charge in [0.2, 0.25) is 0 Å². The van der Waals surface area contributed by atoms with E-state index in [-0.39, 0.29) is 5.89 Å². The number of halogens is 2. The summed E-state index contributed by atoms with van der Waals surface area (Å²) in [7, 11) is 0. The predicted molar refractivity (Wildman–Crippen MR) is 54.5 cm³/mol. The fraction of sp³-hybridized carbons (Fsp3) is 0.400. The van der Waals surface area contributed by atoms with Crippen LogP contribution in [0.1, 0.15) is 36.0 Å². The minimum atomic E-state index is -2.70. The first-order valence-electron chi connectivity index (χ1n) is 4.95. The van der Waals surface area contributed by atoms with Crippen molar-refractivity contribution < 1.29 is 13.2 Å². The molecule has 2 aromatic heterocycles. The maximum Gasteiger partial charge on any atom is 0.314 e. The van der Waals surface area contributed by atoms with Gasteiger partial charge in [-0.3, -0.25) is 0 Å². The highest BCUT2D eigenvalue weighted by Gasteiger charge is 2.26. The highest BCUT2D eigenvalue weighted by atomic mass is 32.1. The molecule has 16 heavy (non-hydrogen) atoms. The smallest absolute Gasteiger partial charge is 0.314 e. The van der Waals surface area contributed by atoms with E-state index in [9.17, 15) is 8.78 Å². The van der Waals surface area contributed by atoms with Crippen LogP contribution in [0.15, 0.2) is 16.5 Å². The molecule has 1 fully saturated rings. The van der Waals surface area contributed by atoms with Crippen molar-refractivity contribution in [2.24, 2.45) is 0 Å². The first kappa shape index (κ1) is 9.89. The van der Waals surface area contributed by atoms with E-state index >= 15 is 0 Å². The molecule has 0 radical (unpaired) electrons. The van der Waals surface area contributed by atoms with Crippen molar-refractivity contribution in [3.05, 3.63) is 22.9 Å². The molecule has 3 nitrogen and oxygen atoms in total. The summed E-state index contributed by atoms with van der Waals surface area (Å²) < 4.78 is 29.4. The molecule has 84 valence electrons. The molecule has 1 saturated carbocycles. The van der Waals surface area contributed by atoms with E-state index in [1.54, 1.807) is 11.3 Å².